The molecule has 0 N–H and O–H groups in total. The molecule has 0 heterocycles. The molecule has 0 unspecified atom stereocenters. The second-order valence-corrected chi connectivity index (χ2v) is 10.3. The Hall–Kier alpha value is -1.09. The van der Waals surface area contributed by atoms with Crippen LogP contribution in [-0.2, 0) is 9.59 Å². The van der Waals surface area contributed by atoms with Crippen molar-refractivity contribution in [3.05, 3.63) is 35.5 Å². The van der Waals surface area contributed by atoms with Gasteiger partial charge in [0.05, 0.1) is 0 Å². The lowest BCUT2D eigenvalue weighted by atomic mass is 9.50. The molecular formula is C23H30O2S. The molecule has 0 saturated heterocycles. The molecule has 4 atom stereocenters. The summed E-state index contributed by atoms with van der Waals surface area (Å²) < 4.78 is 0. The third kappa shape index (κ3) is 2.69. The van der Waals surface area contributed by atoms with Crippen LogP contribution in [0.5, 0.6) is 0 Å². The first-order chi connectivity index (χ1) is 12.4. The molecule has 0 aromatic rings. The summed E-state index contributed by atoms with van der Waals surface area (Å²) in [5.41, 5.74) is 4.42. The van der Waals surface area contributed by atoms with Crippen LogP contribution in [0, 0.1) is 22.7 Å². The maximum absolute atomic E-state index is 12.6. The van der Waals surface area contributed by atoms with Gasteiger partial charge in [0.2, 0.25) is 0 Å². The summed E-state index contributed by atoms with van der Waals surface area (Å²) in [7, 11) is 0. The molecule has 26 heavy (non-hydrogen) atoms. The Labute approximate surface area is 161 Å². The van der Waals surface area contributed by atoms with E-state index in [2.05, 4.69) is 25.7 Å². The standard InChI is InChI=1S/C23H30O2S/c1-15-8-11-23(12-13-26-16(2)24)17(14-15)4-5-18-19-6-7-21(25)22(19,3)10-9-20(18)23/h9,14,18-19H,1,4-8,10-13H2,2-3H3/t18-,19-,22-,23+/m0/s1. The summed E-state index contributed by atoms with van der Waals surface area (Å²) in [6, 6.07) is 0. The zero-order chi connectivity index (χ0) is 18.5. The molecule has 2 nitrogen and oxygen atoms in total. The average molecular weight is 371 g/mol. The molecule has 4 aliphatic carbocycles. The number of fused-ring (bicyclic) bond motifs is 5. The topological polar surface area (TPSA) is 34.1 Å². The fourth-order valence-corrected chi connectivity index (χ4v) is 7.09. The molecular weight excluding hydrogens is 340 g/mol. The van der Waals surface area contributed by atoms with Gasteiger partial charge in [-0.15, -0.1) is 0 Å². The van der Waals surface area contributed by atoms with Crippen LogP contribution in [0.3, 0.4) is 0 Å². The lowest BCUT2D eigenvalue weighted by Crippen LogP contribution is -2.45. The van der Waals surface area contributed by atoms with Gasteiger partial charge in [0.25, 0.3) is 0 Å². The van der Waals surface area contributed by atoms with Crippen molar-refractivity contribution in [2.45, 2.75) is 65.2 Å². The number of rotatable bonds is 3. The zero-order valence-electron chi connectivity index (χ0n) is 16.1. The maximum Gasteiger partial charge on any atom is 0.185 e. The van der Waals surface area contributed by atoms with E-state index in [1.54, 1.807) is 18.1 Å². The van der Waals surface area contributed by atoms with Gasteiger partial charge in [-0.05, 0) is 56.8 Å². The number of thioether (sulfide) groups is 1. The van der Waals surface area contributed by atoms with Crippen molar-refractivity contribution in [1.29, 1.82) is 0 Å². The van der Waals surface area contributed by atoms with Crippen LogP contribution in [0.2, 0.25) is 0 Å². The Morgan fingerprint density at radius 1 is 1.31 bits per heavy atom. The average Bonchev–Trinajstić information content (AvgIpc) is 2.90. The molecule has 0 aliphatic heterocycles. The number of Topliss-reactive ketones (excluding diaryl/α,β-unsaturated/α-hetero) is 1. The predicted molar refractivity (Wildman–Crippen MR) is 108 cm³/mol. The minimum Gasteiger partial charge on any atom is -0.299 e. The van der Waals surface area contributed by atoms with Gasteiger partial charge in [0.15, 0.2) is 5.12 Å². The fourth-order valence-electron chi connectivity index (χ4n) is 6.35. The molecule has 0 amide bonds. The van der Waals surface area contributed by atoms with Crippen molar-refractivity contribution >= 4 is 22.7 Å². The van der Waals surface area contributed by atoms with Gasteiger partial charge in [-0.25, -0.2) is 0 Å². The van der Waals surface area contributed by atoms with E-state index in [1.165, 1.54) is 23.8 Å². The number of carbonyl (C=O) groups is 2. The molecule has 0 aromatic carbocycles. The van der Waals surface area contributed by atoms with Gasteiger partial charge in [0, 0.05) is 29.9 Å². The van der Waals surface area contributed by atoms with E-state index in [9.17, 15) is 9.59 Å². The van der Waals surface area contributed by atoms with Crippen LogP contribution in [0.25, 0.3) is 0 Å². The van der Waals surface area contributed by atoms with Crippen LogP contribution in [0.4, 0.5) is 0 Å². The Morgan fingerprint density at radius 2 is 2.12 bits per heavy atom. The molecule has 2 saturated carbocycles. The highest BCUT2D eigenvalue weighted by molar-refractivity contribution is 8.13. The van der Waals surface area contributed by atoms with Crippen molar-refractivity contribution in [2.75, 3.05) is 5.75 Å². The van der Waals surface area contributed by atoms with E-state index in [-0.39, 0.29) is 15.9 Å². The van der Waals surface area contributed by atoms with Gasteiger partial charge in [-0.1, -0.05) is 54.1 Å². The third-order valence-corrected chi connectivity index (χ3v) is 8.56. The highest BCUT2D eigenvalue weighted by Crippen LogP contribution is 2.63. The van der Waals surface area contributed by atoms with Crippen LogP contribution in [-0.4, -0.2) is 16.7 Å². The molecule has 0 radical (unpaired) electrons. The lowest BCUT2D eigenvalue weighted by molar-refractivity contribution is -0.127. The Bertz CT molecular complexity index is 730. The molecule has 140 valence electrons. The second kappa shape index (κ2) is 6.51. The first-order valence-corrected chi connectivity index (χ1v) is 11.1. The molecule has 0 bridgehead atoms. The van der Waals surface area contributed by atoms with Crippen molar-refractivity contribution in [1.82, 2.24) is 0 Å². The molecule has 4 rings (SSSR count). The summed E-state index contributed by atoms with van der Waals surface area (Å²) in [4.78, 5) is 24.1. The van der Waals surface area contributed by atoms with Gasteiger partial charge < -0.3 is 0 Å². The SMILES string of the molecule is C=C1C=C2CC[C@@H]3C(=CC[C@]4(C)C(=O)CC[C@@H]34)[C@@]2(CCSC(C)=O)CC1. The van der Waals surface area contributed by atoms with Crippen LogP contribution >= 0.6 is 11.8 Å². The molecule has 3 heteroatoms. The largest absolute Gasteiger partial charge is 0.299 e. The second-order valence-electron chi connectivity index (χ2n) is 8.99. The summed E-state index contributed by atoms with van der Waals surface area (Å²) in [6.07, 6.45) is 13.1. The molecule has 4 aliphatic rings. The number of hydrogen-bond acceptors (Lipinski definition) is 3. The van der Waals surface area contributed by atoms with Crippen molar-refractivity contribution in [3.8, 4) is 0 Å². The van der Waals surface area contributed by atoms with E-state index >= 15 is 0 Å². The third-order valence-electron chi connectivity index (χ3n) is 7.75. The summed E-state index contributed by atoms with van der Waals surface area (Å²) in [5.74, 6) is 2.46. The minimum absolute atomic E-state index is 0.122. The quantitative estimate of drug-likeness (QED) is 0.603. The van der Waals surface area contributed by atoms with Gasteiger partial charge in [-0.2, -0.15) is 0 Å². The van der Waals surface area contributed by atoms with Crippen molar-refractivity contribution < 1.29 is 9.59 Å². The Morgan fingerprint density at radius 3 is 2.88 bits per heavy atom. The Kier molecular flexibility index (Phi) is 4.58. The van der Waals surface area contributed by atoms with Crippen LogP contribution in [0.1, 0.15) is 65.2 Å². The maximum atomic E-state index is 12.6. The van der Waals surface area contributed by atoms with Gasteiger partial charge >= 0.3 is 0 Å². The minimum atomic E-state index is -0.122. The van der Waals surface area contributed by atoms with E-state index < -0.39 is 0 Å². The summed E-state index contributed by atoms with van der Waals surface area (Å²) in [5, 5.41) is 0.214. The lowest BCUT2D eigenvalue weighted by Gasteiger charge is -2.54. The zero-order valence-corrected chi connectivity index (χ0v) is 16.9. The van der Waals surface area contributed by atoms with E-state index in [0.29, 0.717) is 17.6 Å². The van der Waals surface area contributed by atoms with Crippen LogP contribution < -0.4 is 0 Å². The highest BCUT2D eigenvalue weighted by Gasteiger charge is 2.56. The van der Waals surface area contributed by atoms with Gasteiger partial charge in [-0.3, -0.25) is 9.59 Å². The van der Waals surface area contributed by atoms with E-state index in [4.69, 9.17) is 0 Å². The number of carbonyl (C=O) groups excluding carboxylic acids is 2. The van der Waals surface area contributed by atoms with Crippen molar-refractivity contribution in [3.63, 3.8) is 0 Å². The summed E-state index contributed by atoms with van der Waals surface area (Å²) >= 11 is 1.46. The summed E-state index contributed by atoms with van der Waals surface area (Å²) in [6.45, 7) is 8.11. The van der Waals surface area contributed by atoms with E-state index in [1.807, 2.05) is 0 Å². The van der Waals surface area contributed by atoms with Crippen molar-refractivity contribution in [2.24, 2.45) is 22.7 Å². The van der Waals surface area contributed by atoms with E-state index in [0.717, 1.165) is 50.7 Å². The normalized spacial score (nSPS) is 38.8. The van der Waals surface area contributed by atoms with Gasteiger partial charge in [0.1, 0.15) is 5.78 Å². The first-order valence-electron chi connectivity index (χ1n) is 10.1. The fraction of sp³-hybridized carbons (Fsp3) is 0.652. The predicted octanol–water partition coefficient (Wildman–Crippen LogP) is 5.64. The number of hydrogen-bond donors (Lipinski definition) is 0. The molecule has 2 fully saturated rings. The number of allylic oxidation sites excluding steroid dienone is 5. The monoisotopic (exact) mass is 370 g/mol. The number of ketones is 1. The Balaban J connectivity index is 1.72. The molecule has 0 aromatic heterocycles. The first kappa shape index (κ1) is 18.3. The highest BCUT2D eigenvalue weighted by atomic mass is 32.2. The van der Waals surface area contributed by atoms with Crippen LogP contribution in [0.15, 0.2) is 35.5 Å². The molecule has 0 spiro atoms. The smallest absolute Gasteiger partial charge is 0.185 e.